The molecule has 80 valence electrons. The molecule has 0 saturated heterocycles. The Morgan fingerprint density at radius 3 is 2.93 bits per heavy atom. The van der Waals surface area contributed by atoms with Crippen LogP contribution in [0, 0.1) is 0 Å². The van der Waals surface area contributed by atoms with Gasteiger partial charge in [0.05, 0.1) is 12.3 Å². The number of nitrogens with zero attached hydrogens (tertiary/aromatic N) is 2. The van der Waals surface area contributed by atoms with E-state index in [0.717, 1.165) is 5.39 Å². The Bertz CT molecular complexity index is 456. The van der Waals surface area contributed by atoms with Crippen LogP contribution in [0.3, 0.4) is 0 Å². The van der Waals surface area contributed by atoms with Crippen LogP contribution < -0.4 is 5.73 Å². The lowest BCUT2D eigenvalue weighted by molar-refractivity contribution is 0.0242. The second kappa shape index (κ2) is 3.93. The number of pyridine rings is 1. The van der Waals surface area contributed by atoms with Crippen molar-refractivity contribution in [2.24, 2.45) is 5.73 Å². The summed E-state index contributed by atoms with van der Waals surface area (Å²) in [4.78, 5) is 4.05. The van der Waals surface area contributed by atoms with Crippen molar-refractivity contribution in [3.63, 3.8) is 0 Å². The largest absolute Gasteiger partial charge is 0.389 e. The molecule has 2 aromatic rings. The summed E-state index contributed by atoms with van der Waals surface area (Å²) in [6.45, 7) is 0.00455. The third kappa shape index (κ3) is 1.82. The van der Waals surface area contributed by atoms with E-state index < -0.39 is 12.2 Å². The van der Waals surface area contributed by atoms with Gasteiger partial charge in [-0.3, -0.25) is 5.10 Å². The molecule has 6 nitrogen and oxygen atoms in total. The molecule has 2 unspecified atom stereocenters. The fourth-order valence-electron chi connectivity index (χ4n) is 1.37. The Morgan fingerprint density at radius 2 is 2.20 bits per heavy atom. The standard InChI is InChI=1S/C9H12N4O2/c10-2-7(14)8(15)5-1-6-4-12-13-9(6)11-3-5/h1,3-4,7-8,14-15H,2,10H2,(H,11,12,13). The van der Waals surface area contributed by atoms with Crippen molar-refractivity contribution >= 4 is 11.0 Å². The van der Waals surface area contributed by atoms with Gasteiger partial charge in [-0.15, -0.1) is 0 Å². The molecule has 5 N–H and O–H groups in total. The summed E-state index contributed by atoms with van der Waals surface area (Å²) in [7, 11) is 0. The van der Waals surface area contributed by atoms with Crippen molar-refractivity contribution in [3.05, 3.63) is 24.0 Å². The first-order valence-electron chi connectivity index (χ1n) is 4.57. The van der Waals surface area contributed by atoms with Gasteiger partial charge in [0, 0.05) is 23.7 Å². The number of nitrogens with one attached hydrogen (secondary N) is 1. The SMILES string of the molecule is NCC(O)C(O)c1cnc2[nH]ncc2c1. The van der Waals surface area contributed by atoms with Gasteiger partial charge in [0.1, 0.15) is 6.10 Å². The second-order valence-corrected chi connectivity index (χ2v) is 3.32. The van der Waals surface area contributed by atoms with Gasteiger partial charge in [0.15, 0.2) is 5.65 Å². The first kappa shape index (κ1) is 10.0. The molecule has 15 heavy (non-hydrogen) atoms. The van der Waals surface area contributed by atoms with Gasteiger partial charge in [0.2, 0.25) is 0 Å². The second-order valence-electron chi connectivity index (χ2n) is 3.32. The Balaban J connectivity index is 2.35. The molecule has 2 atom stereocenters. The van der Waals surface area contributed by atoms with Crippen LogP contribution in [-0.2, 0) is 0 Å². The van der Waals surface area contributed by atoms with Crippen LogP contribution in [0.25, 0.3) is 11.0 Å². The van der Waals surface area contributed by atoms with Crippen molar-refractivity contribution in [2.75, 3.05) is 6.54 Å². The minimum Gasteiger partial charge on any atom is -0.389 e. The molecule has 6 heteroatoms. The molecule has 0 amide bonds. The number of rotatable bonds is 3. The van der Waals surface area contributed by atoms with Gasteiger partial charge >= 0.3 is 0 Å². The van der Waals surface area contributed by atoms with Crippen LogP contribution in [0.1, 0.15) is 11.7 Å². The Labute approximate surface area is 85.8 Å². The van der Waals surface area contributed by atoms with E-state index in [1.807, 2.05) is 0 Å². The Hall–Kier alpha value is -1.50. The average Bonchev–Trinajstić information content (AvgIpc) is 2.73. The van der Waals surface area contributed by atoms with Crippen molar-refractivity contribution in [1.82, 2.24) is 15.2 Å². The molecule has 0 aliphatic carbocycles. The van der Waals surface area contributed by atoms with Crippen molar-refractivity contribution in [1.29, 1.82) is 0 Å². The van der Waals surface area contributed by atoms with E-state index in [9.17, 15) is 10.2 Å². The summed E-state index contributed by atoms with van der Waals surface area (Å²) in [6.07, 6.45) is 1.11. The molecule has 0 aromatic carbocycles. The van der Waals surface area contributed by atoms with Gasteiger partial charge < -0.3 is 15.9 Å². The summed E-state index contributed by atoms with van der Waals surface area (Å²) in [5.74, 6) is 0. The maximum atomic E-state index is 9.69. The normalized spacial score (nSPS) is 15.4. The van der Waals surface area contributed by atoms with E-state index in [1.165, 1.54) is 6.20 Å². The van der Waals surface area contributed by atoms with E-state index >= 15 is 0 Å². The molecule has 0 spiro atoms. The van der Waals surface area contributed by atoms with Crippen LogP contribution >= 0.6 is 0 Å². The van der Waals surface area contributed by atoms with Crippen LogP contribution in [0.15, 0.2) is 18.5 Å². The summed E-state index contributed by atoms with van der Waals surface area (Å²) in [5, 5.41) is 26.4. The van der Waals surface area contributed by atoms with Crippen LogP contribution in [0.5, 0.6) is 0 Å². The lowest BCUT2D eigenvalue weighted by atomic mass is 10.1. The molecular formula is C9H12N4O2. The third-order valence-corrected chi connectivity index (χ3v) is 2.26. The zero-order valence-electron chi connectivity index (χ0n) is 7.96. The predicted molar refractivity (Wildman–Crippen MR) is 53.9 cm³/mol. The summed E-state index contributed by atoms with van der Waals surface area (Å²) in [6, 6.07) is 1.72. The molecular weight excluding hydrogens is 196 g/mol. The lowest BCUT2D eigenvalue weighted by Gasteiger charge is -2.15. The molecule has 2 aromatic heterocycles. The molecule has 0 saturated carbocycles. The topological polar surface area (TPSA) is 108 Å². The monoisotopic (exact) mass is 208 g/mol. The van der Waals surface area contributed by atoms with Crippen LogP contribution in [0.4, 0.5) is 0 Å². The first-order valence-corrected chi connectivity index (χ1v) is 4.57. The fourth-order valence-corrected chi connectivity index (χ4v) is 1.37. The van der Waals surface area contributed by atoms with E-state index in [1.54, 1.807) is 12.3 Å². The highest BCUT2D eigenvalue weighted by atomic mass is 16.3. The number of aliphatic hydroxyl groups excluding tert-OH is 2. The minimum absolute atomic E-state index is 0.00455. The Morgan fingerprint density at radius 1 is 1.40 bits per heavy atom. The van der Waals surface area contributed by atoms with Crippen molar-refractivity contribution < 1.29 is 10.2 Å². The number of hydrogen-bond acceptors (Lipinski definition) is 5. The number of H-pyrrole nitrogens is 1. The minimum atomic E-state index is -1.01. The molecule has 0 aliphatic rings. The number of hydrogen-bond donors (Lipinski definition) is 4. The zero-order chi connectivity index (χ0) is 10.8. The Kier molecular flexibility index (Phi) is 2.63. The fraction of sp³-hybridized carbons (Fsp3) is 0.333. The number of fused-ring (bicyclic) bond motifs is 1. The number of nitrogens with two attached hydrogens (primary N) is 1. The van der Waals surface area contributed by atoms with Gasteiger partial charge in [-0.2, -0.15) is 5.10 Å². The van der Waals surface area contributed by atoms with Crippen LogP contribution in [-0.4, -0.2) is 38.0 Å². The summed E-state index contributed by atoms with van der Waals surface area (Å²) in [5.41, 5.74) is 6.43. The first-order chi connectivity index (χ1) is 7.22. The smallest absolute Gasteiger partial charge is 0.155 e. The summed E-state index contributed by atoms with van der Waals surface area (Å²) >= 11 is 0. The van der Waals surface area contributed by atoms with Gasteiger partial charge in [-0.1, -0.05) is 0 Å². The molecule has 2 rings (SSSR count). The molecule has 2 heterocycles. The zero-order valence-corrected chi connectivity index (χ0v) is 7.96. The quantitative estimate of drug-likeness (QED) is 0.534. The van der Waals surface area contributed by atoms with E-state index in [-0.39, 0.29) is 6.54 Å². The van der Waals surface area contributed by atoms with E-state index in [2.05, 4.69) is 15.2 Å². The highest BCUT2D eigenvalue weighted by Gasteiger charge is 2.17. The summed E-state index contributed by atoms with van der Waals surface area (Å²) < 4.78 is 0. The molecule has 0 radical (unpaired) electrons. The average molecular weight is 208 g/mol. The van der Waals surface area contributed by atoms with Gasteiger partial charge in [-0.05, 0) is 6.07 Å². The molecule has 0 bridgehead atoms. The van der Waals surface area contributed by atoms with E-state index in [4.69, 9.17) is 5.73 Å². The molecule has 0 aliphatic heterocycles. The van der Waals surface area contributed by atoms with Crippen molar-refractivity contribution in [3.8, 4) is 0 Å². The number of aliphatic hydroxyl groups is 2. The third-order valence-electron chi connectivity index (χ3n) is 2.26. The lowest BCUT2D eigenvalue weighted by Crippen LogP contribution is -2.27. The maximum absolute atomic E-state index is 9.69. The highest BCUT2D eigenvalue weighted by molar-refractivity contribution is 5.74. The highest BCUT2D eigenvalue weighted by Crippen LogP contribution is 2.18. The van der Waals surface area contributed by atoms with Crippen molar-refractivity contribution in [2.45, 2.75) is 12.2 Å². The van der Waals surface area contributed by atoms with Gasteiger partial charge in [0.25, 0.3) is 0 Å². The van der Waals surface area contributed by atoms with Crippen LogP contribution in [0.2, 0.25) is 0 Å². The molecule has 0 fully saturated rings. The van der Waals surface area contributed by atoms with Gasteiger partial charge in [-0.25, -0.2) is 4.98 Å². The van der Waals surface area contributed by atoms with E-state index in [0.29, 0.717) is 11.2 Å². The number of aromatic amines is 1. The number of aromatic nitrogens is 3. The maximum Gasteiger partial charge on any atom is 0.155 e. The predicted octanol–water partition coefficient (Wildman–Crippen LogP) is -0.689.